The molecule has 1 aliphatic carbocycles. The summed E-state index contributed by atoms with van der Waals surface area (Å²) < 4.78 is 10.3. The first kappa shape index (κ1) is 11.0. The van der Waals surface area contributed by atoms with E-state index in [-0.39, 0.29) is 11.9 Å². The van der Waals surface area contributed by atoms with Crippen LogP contribution in [0.1, 0.15) is 31.2 Å². The van der Waals surface area contributed by atoms with Crippen molar-refractivity contribution in [2.24, 2.45) is 0 Å². The molecule has 3 heteroatoms. The Bertz CT molecular complexity index is 365. The van der Waals surface area contributed by atoms with E-state index in [1.807, 2.05) is 31.2 Å². The van der Waals surface area contributed by atoms with Gasteiger partial charge in [-0.15, -0.1) is 0 Å². The molecular formula is C13H16O3. The third kappa shape index (κ3) is 2.54. The number of hydrogen-bond acceptors (Lipinski definition) is 3. The van der Waals surface area contributed by atoms with E-state index in [0.717, 1.165) is 24.2 Å². The van der Waals surface area contributed by atoms with Gasteiger partial charge in [-0.2, -0.15) is 0 Å². The van der Waals surface area contributed by atoms with Crippen LogP contribution in [0.15, 0.2) is 24.3 Å². The van der Waals surface area contributed by atoms with E-state index in [4.69, 9.17) is 9.47 Å². The Balaban J connectivity index is 2.02. The molecule has 1 aromatic carbocycles. The molecule has 3 nitrogen and oxygen atoms in total. The lowest BCUT2D eigenvalue weighted by Crippen LogP contribution is -2.10. The van der Waals surface area contributed by atoms with Gasteiger partial charge in [0.1, 0.15) is 5.75 Å². The lowest BCUT2D eigenvalue weighted by molar-refractivity contribution is -0.141. The molecule has 0 radical (unpaired) electrons. The molecule has 0 spiro atoms. The van der Waals surface area contributed by atoms with Crippen LogP contribution in [-0.4, -0.2) is 19.2 Å². The zero-order valence-corrected chi connectivity index (χ0v) is 9.60. The molecule has 2 rings (SSSR count). The monoisotopic (exact) mass is 220 g/mol. The number of rotatable bonds is 4. The summed E-state index contributed by atoms with van der Waals surface area (Å²) in [6.45, 7) is 1.84. The van der Waals surface area contributed by atoms with Gasteiger partial charge >= 0.3 is 5.97 Å². The lowest BCUT2D eigenvalue weighted by Gasteiger charge is -2.10. The highest BCUT2D eigenvalue weighted by atomic mass is 16.5. The van der Waals surface area contributed by atoms with Crippen molar-refractivity contribution in [2.75, 3.05) is 7.11 Å². The minimum atomic E-state index is -0.222. The van der Waals surface area contributed by atoms with E-state index in [2.05, 4.69) is 0 Å². The van der Waals surface area contributed by atoms with Gasteiger partial charge in [0.15, 0.2) is 0 Å². The highest BCUT2D eigenvalue weighted by Crippen LogP contribution is 2.27. The first-order valence-corrected chi connectivity index (χ1v) is 5.55. The van der Waals surface area contributed by atoms with Gasteiger partial charge in [0.2, 0.25) is 0 Å². The summed E-state index contributed by atoms with van der Waals surface area (Å²) in [5.41, 5.74) is 0.954. The van der Waals surface area contributed by atoms with Crippen molar-refractivity contribution in [3.05, 3.63) is 29.8 Å². The largest absolute Gasteiger partial charge is 0.490 e. The number of carbonyl (C=O) groups is 1. The second-order valence-electron chi connectivity index (χ2n) is 4.13. The van der Waals surface area contributed by atoms with Crippen molar-refractivity contribution >= 4 is 5.97 Å². The summed E-state index contributed by atoms with van der Waals surface area (Å²) in [6, 6.07) is 7.65. The van der Waals surface area contributed by atoms with Crippen molar-refractivity contribution in [1.82, 2.24) is 0 Å². The predicted octanol–water partition coefficient (Wildman–Crippen LogP) is 2.50. The summed E-state index contributed by atoms with van der Waals surface area (Å²) in [6.07, 6.45) is 2.71. The molecule has 0 aliphatic heterocycles. The number of hydrogen-bond donors (Lipinski definition) is 0. The molecule has 1 saturated carbocycles. The van der Waals surface area contributed by atoms with Crippen molar-refractivity contribution in [3.8, 4) is 5.75 Å². The molecule has 1 aromatic rings. The molecule has 1 fully saturated rings. The summed E-state index contributed by atoms with van der Waals surface area (Å²) in [5.74, 6) is 0.444. The van der Waals surface area contributed by atoms with Crippen LogP contribution < -0.4 is 4.74 Å². The summed E-state index contributed by atoms with van der Waals surface area (Å²) in [5, 5.41) is 0. The van der Waals surface area contributed by atoms with E-state index < -0.39 is 0 Å². The highest BCUT2D eigenvalue weighted by Gasteiger charge is 2.23. The number of esters is 1. The van der Waals surface area contributed by atoms with Gasteiger partial charge in [-0.1, -0.05) is 12.1 Å². The van der Waals surface area contributed by atoms with Gasteiger partial charge in [-0.3, -0.25) is 4.79 Å². The van der Waals surface area contributed by atoms with E-state index in [1.54, 1.807) is 0 Å². The fourth-order valence-corrected chi connectivity index (χ4v) is 1.53. The molecular weight excluding hydrogens is 204 g/mol. The minimum Gasteiger partial charge on any atom is -0.490 e. The van der Waals surface area contributed by atoms with Crippen molar-refractivity contribution in [3.63, 3.8) is 0 Å². The van der Waals surface area contributed by atoms with Crippen LogP contribution >= 0.6 is 0 Å². The summed E-state index contributed by atoms with van der Waals surface area (Å²) in [7, 11) is 1.41. The molecule has 0 bridgehead atoms. The van der Waals surface area contributed by atoms with E-state index >= 15 is 0 Å². The average Bonchev–Trinajstić information content (AvgIpc) is 3.12. The topological polar surface area (TPSA) is 35.5 Å². The van der Waals surface area contributed by atoms with Gasteiger partial charge in [-0.05, 0) is 37.5 Å². The van der Waals surface area contributed by atoms with Crippen LogP contribution in [0.5, 0.6) is 5.75 Å². The molecule has 0 amide bonds. The van der Waals surface area contributed by atoms with Crippen LogP contribution in [-0.2, 0) is 9.53 Å². The molecule has 86 valence electrons. The van der Waals surface area contributed by atoms with Gasteiger partial charge in [0, 0.05) is 0 Å². The fourth-order valence-electron chi connectivity index (χ4n) is 1.53. The maximum Gasteiger partial charge on any atom is 0.312 e. The Morgan fingerprint density at radius 1 is 1.31 bits per heavy atom. The maximum atomic E-state index is 11.3. The Morgan fingerprint density at radius 3 is 2.44 bits per heavy atom. The summed E-state index contributed by atoms with van der Waals surface area (Å²) in [4.78, 5) is 11.3. The van der Waals surface area contributed by atoms with Crippen LogP contribution in [0, 0.1) is 0 Å². The minimum absolute atomic E-state index is 0.212. The van der Waals surface area contributed by atoms with Crippen molar-refractivity contribution < 1.29 is 14.3 Å². The molecule has 16 heavy (non-hydrogen) atoms. The van der Waals surface area contributed by atoms with E-state index in [1.165, 1.54) is 7.11 Å². The Morgan fingerprint density at radius 2 is 1.94 bits per heavy atom. The van der Waals surface area contributed by atoms with E-state index in [9.17, 15) is 4.79 Å². The standard InChI is InChI=1S/C13H16O3/c1-9(13(14)15-2)10-3-5-11(6-4-10)16-12-7-8-12/h3-6,9,12H,7-8H2,1-2H3. The smallest absolute Gasteiger partial charge is 0.312 e. The van der Waals surface area contributed by atoms with Crippen molar-refractivity contribution in [2.45, 2.75) is 31.8 Å². The van der Waals surface area contributed by atoms with Gasteiger partial charge in [0.05, 0.1) is 19.1 Å². The number of benzene rings is 1. The molecule has 0 heterocycles. The zero-order valence-electron chi connectivity index (χ0n) is 9.60. The second-order valence-corrected chi connectivity index (χ2v) is 4.13. The molecule has 1 aliphatic rings. The second kappa shape index (κ2) is 4.56. The van der Waals surface area contributed by atoms with Crippen LogP contribution in [0.2, 0.25) is 0 Å². The predicted molar refractivity (Wildman–Crippen MR) is 60.5 cm³/mol. The summed E-state index contributed by atoms with van der Waals surface area (Å²) >= 11 is 0. The number of carbonyl (C=O) groups excluding carboxylic acids is 1. The number of ether oxygens (including phenoxy) is 2. The zero-order chi connectivity index (χ0) is 11.5. The van der Waals surface area contributed by atoms with Crippen LogP contribution in [0.3, 0.4) is 0 Å². The first-order chi connectivity index (χ1) is 7.70. The quantitative estimate of drug-likeness (QED) is 0.731. The Hall–Kier alpha value is -1.51. The average molecular weight is 220 g/mol. The van der Waals surface area contributed by atoms with Gasteiger partial charge in [0.25, 0.3) is 0 Å². The lowest BCUT2D eigenvalue weighted by atomic mass is 10.0. The Kier molecular flexibility index (Phi) is 3.13. The van der Waals surface area contributed by atoms with Crippen molar-refractivity contribution in [1.29, 1.82) is 0 Å². The van der Waals surface area contributed by atoms with Crippen LogP contribution in [0.4, 0.5) is 0 Å². The van der Waals surface area contributed by atoms with Gasteiger partial charge < -0.3 is 9.47 Å². The fraction of sp³-hybridized carbons (Fsp3) is 0.462. The molecule has 1 atom stereocenters. The third-order valence-corrected chi connectivity index (χ3v) is 2.76. The molecule has 0 N–H and O–H groups in total. The van der Waals surface area contributed by atoms with Gasteiger partial charge in [-0.25, -0.2) is 0 Å². The van der Waals surface area contributed by atoms with E-state index in [0.29, 0.717) is 6.10 Å². The molecule has 0 aromatic heterocycles. The molecule has 1 unspecified atom stereocenters. The van der Waals surface area contributed by atoms with Crippen LogP contribution in [0.25, 0.3) is 0 Å². The first-order valence-electron chi connectivity index (χ1n) is 5.55. The normalized spacial score (nSPS) is 16.6. The maximum absolute atomic E-state index is 11.3. The highest BCUT2D eigenvalue weighted by molar-refractivity contribution is 5.77. The molecule has 0 saturated heterocycles. The number of methoxy groups -OCH3 is 1. The Labute approximate surface area is 95.4 Å². The third-order valence-electron chi connectivity index (χ3n) is 2.76. The SMILES string of the molecule is COC(=O)C(C)c1ccc(OC2CC2)cc1.